The van der Waals surface area contributed by atoms with Gasteiger partial charge in [0.2, 0.25) is 5.95 Å². The summed E-state index contributed by atoms with van der Waals surface area (Å²) in [5, 5.41) is 15.2. The normalized spacial score (nSPS) is 21.5. The number of piperidine rings is 1. The number of aromatic nitrogens is 3. The van der Waals surface area contributed by atoms with E-state index in [2.05, 4.69) is 51.7 Å². The second-order valence-corrected chi connectivity index (χ2v) is 14.5. The SMILES string of the molecule is COCc1cccc(N=C(C=C(N)C(C)(C)C)NC(=O)N[C@H]2CC[C@@H](Oc3ccc4nnc(N5[C@H](C)CCC[C@@H]5C)n4c3)c3ccccc32)c1. The number of anilines is 1. The van der Waals surface area contributed by atoms with Crippen molar-refractivity contribution in [1.82, 2.24) is 25.2 Å². The molecule has 1 fully saturated rings. The van der Waals surface area contributed by atoms with Gasteiger partial charge in [-0.15, -0.1) is 10.2 Å². The number of nitrogens with zero attached hydrogens (tertiary/aromatic N) is 5. The number of methoxy groups -OCH3 is 1. The molecule has 264 valence electrons. The minimum atomic E-state index is -0.360. The van der Waals surface area contributed by atoms with Gasteiger partial charge in [0.1, 0.15) is 17.7 Å². The number of urea groups is 1. The molecule has 6 rings (SSSR count). The van der Waals surface area contributed by atoms with E-state index >= 15 is 0 Å². The highest BCUT2D eigenvalue weighted by atomic mass is 16.5. The first kappa shape index (κ1) is 34.9. The zero-order valence-electron chi connectivity index (χ0n) is 30.0. The van der Waals surface area contributed by atoms with Crippen LogP contribution in [0.2, 0.25) is 0 Å². The maximum Gasteiger partial charge on any atom is 0.320 e. The summed E-state index contributed by atoms with van der Waals surface area (Å²) in [4.78, 5) is 20.7. The second kappa shape index (κ2) is 14.9. The Morgan fingerprint density at radius 3 is 2.50 bits per heavy atom. The summed E-state index contributed by atoms with van der Waals surface area (Å²) < 4.78 is 14.0. The smallest absolute Gasteiger partial charge is 0.320 e. The van der Waals surface area contributed by atoms with E-state index in [-0.39, 0.29) is 23.6 Å². The minimum absolute atomic E-state index is 0.177. The van der Waals surface area contributed by atoms with Gasteiger partial charge in [-0.05, 0) is 86.9 Å². The third-order valence-electron chi connectivity index (χ3n) is 9.67. The summed E-state index contributed by atoms with van der Waals surface area (Å²) in [6.45, 7) is 11.0. The van der Waals surface area contributed by atoms with Crippen LogP contribution in [-0.4, -0.2) is 45.7 Å². The maximum atomic E-state index is 13.6. The number of rotatable bonds is 8. The van der Waals surface area contributed by atoms with Gasteiger partial charge in [-0.25, -0.2) is 9.79 Å². The number of aliphatic imine (C=N–C) groups is 1. The third-order valence-corrected chi connectivity index (χ3v) is 9.67. The Morgan fingerprint density at radius 1 is 1.00 bits per heavy atom. The first-order valence-electron chi connectivity index (χ1n) is 17.6. The molecule has 0 spiro atoms. The highest BCUT2D eigenvalue weighted by molar-refractivity contribution is 6.05. The van der Waals surface area contributed by atoms with Crippen molar-refractivity contribution >= 4 is 29.1 Å². The molecule has 2 aliphatic rings. The summed E-state index contributed by atoms with van der Waals surface area (Å²) in [5.74, 6) is 1.96. The van der Waals surface area contributed by atoms with Crippen LogP contribution >= 0.6 is 0 Å². The van der Waals surface area contributed by atoms with Crippen molar-refractivity contribution in [2.24, 2.45) is 16.1 Å². The van der Waals surface area contributed by atoms with Crippen molar-refractivity contribution in [3.8, 4) is 5.75 Å². The number of allylic oxidation sites excluding steroid dienone is 1. The van der Waals surface area contributed by atoms with Gasteiger partial charge in [0.05, 0.1) is 24.5 Å². The lowest BCUT2D eigenvalue weighted by molar-refractivity contribution is 0.171. The molecular formula is C39H50N8O3. The molecule has 0 radical (unpaired) electrons. The number of nitrogens with two attached hydrogens (primary N) is 1. The molecule has 3 heterocycles. The molecule has 0 unspecified atom stereocenters. The molecule has 2 aromatic carbocycles. The number of hydrogen-bond donors (Lipinski definition) is 3. The van der Waals surface area contributed by atoms with Gasteiger partial charge in [-0.2, -0.15) is 0 Å². The van der Waals surface area contributed by atoms with Crippen LogP contribution in [0.15, 0.2) is 83.6 Å². The molecule has 0 bridgehead atoms. The molecular weight excluding hydrogens is 628 g/mol. The van der Waals surface area contributed by atoms with Crippen LogP contribution in [0.4, 0.5) is 16.4 Å². The summed E-state index contributed by atoms with van der Waals surface area (Å²) >= 11 is 0. The Hall–Kier alpha value is -4.90. The number of carbonyl (C=O) groups is 1. The molecule has 11 heteroatoms. The average molecular weight is 679 g/mol. The molecule has 4 aromatic rings. The molecule has 1 aliphatic carbocycles. The van der Waals surface area contributed by atoms with E-state index in [9.17, 15) is 4.79 Å². The monoisotopic (exact) mass is 678 g/mol. The lowest BCUT2D eigenvalue weighted by Crippen LogP contribution is -2.44. The minimum Gasteiger partial charge on any atom is -0.484 e. The fourth-order valence-corrected chi connectivity index (χ4v) is 6.90. The van der Waals surface area contributed by atoms with E-state index in [0.717, 1.165) is 53.3 Å². The molecule has 50 heavy (non-hydrogen) atoms. The first-order chi connectivity index (χ1) is 24.0. The van der Waals surface area contributed by atoms with E-state index < -0.39 is 0 Å². The van der Waals surface area contributed by atoms with E-state index in [1.54, 1.807) is 13.2 Å². The Kier molecular flexibility index (Phi) is 10.4. The van der Waals surface area contributed by atoms with Gasteiger partial charge in [-0.1, -0.05) is 57.2 Å². The van der Waals surface area contributed by atoms with Gasteiger partial charge in [0.15, 0.2) is 5.65 Å². The van der Waals surface area contributed by atoms with Gasteiger partial charge in [0, 0.05) is 36.4 Å². The lowest BCUT2D eigenvalue weighted by Gasteiger charge is -2.39. The Balaban J connectivity index is 1.20. The van der Waals surface area contributed by atoms with Crippen molar-refractivity contribution in [2.75, 3.05) is 12.0 Å². The summed E-state index contributed by atoms with van der Waals surface area (Å²) in [5.41, 5.74) is 11.3. The summed E-state index contributed by atoms with van der Waals surface area (Å²) in [7, 11) is 1.65. The number of hydrogen-bond acceptors (Lipinski definition) is 8. The second-order valence-electron chi connectivity index (χ2n) is 14.5. The quantitative estimate of drug-likeness (QED) is 0.130. The van der Waals surface area contributed by atoms with Crippen LogP contribution in [-0.2, 0) is 11.3 Å². The van der Waals surface area contributed by atoms with E-state index in [1.807, 2.05) is 79.9 Å². The fraction of sp³-hybridized carbons (Fsp3) is 0.436. The average Bonchev–Trinajstić information content (AvgIpc) is 3.48. The zero-order valence-corrected chi connectivity index (χ0v) is 30.0. The van der Waals surface area contributed by atoms with Crippen molar-refractivity contribution in [2.45, 2.75) is 97.6 Å². The number of nitrogens with one attached hydrogen (secondary N) is 2. The molecule has 11 nitrogen and oxygen atoms in total. The Labute approximate surface area is 295 Å². The van der Waals surface area contributed by atoms with Gasteiger partial charge >= 0.3 is 6.03 Å². The number of benzene rings is 2. The third kappa shape index (κ3) is 7.94. The molecule has 1 saturated heterocycles. The van der Waals surface area contributed by atoms with Crippen LogP contribution in [0.1, 0.15) is 95.6 Å². The number of amides is 2. The standard InChI is InChI=1S/C39H50N8O3/c1-25-11-9-12-26(2)47(25)38-45-44-36-20-17-29(23-46(36)38)50-33-19-18-32(30-15-7-8-16-31(30)33)42-37(48)43-35(22-34(40)39(3,4)5)41-28-14-10-13-27(21-28)24-49-6/h7-8,10,13-17,20-23,25-26,32-33H,9,11-12,18-19,24,40H2,1-6H3,(H2,41,42,43,48)/t25-,26+,32-,33+/m0/s1. The van der Waals surface area contributed by atoms with Crippen molar-refractivity contribution in [1.29, 1.82) is 0 Å². The van der Waals surface area contributed by atoms with Crippen LogP contribution < -0.4 is 26.0 Å². The summed E-state index contributed by atoms with van der Waals surface area (Å²) in [6.07, 6.45) is 8.48. The van der Waals surface area contributed by atoms with Crippen LogP contribution in [0, 0.1) is 5.41 Å². The summed E-state index contributed by atoms with van der Waals surface area (Å²) in [6, 6.07) is 20.0. The topological polar surface area (TPSA) is 131 Å². The Bertz CT molecular complexity index is 1870. The molecule has 1 aliphatic heterocycles. The van der Waals surface area contributed by atoms with Crippen molar-refractivity contribution in [3.05, 3.63) is 95.3 Å². The van der Waals surface area contributed by atoms with Gasteiger partial charge in [0.25, 0.3) is 0 Å². The molecule has 4 N–H and O–H groups in total. The number of amidine groups is 1. The Morgan fingerprint density at radius 2 is 1.76 bits per heavy atom. The van der Waals surface area contributed by atoms with E-state index in [0.29, 0.717) is 42.3 Å². The van der Waals surface area contributed by atoms with Crippen LogP contribution in [0.25, 0.3) is 5.65 Å². The van der Waals surface area contributed by atoms with E-state index in [1.165, 1.54) is 6.42 Å². The lowest BCUT2D eigenvalue weighted by atomic mass is 9.85. The zero-order chi connectivity index (χ0) is 35.4. The number of ether oxygens (including phenoxy) is 2. The highest BCUT2D eigenvalue weighted by Crippen LogP contribution is 2.39. The molecule has 2 aromatic heterocycles. The molecule has 2 amide bonds. The van der Waals surface area contributed by atoms with Gasteiger partial charge in [-0.3, -0.25) is 9.72 Å². The fourth-order valence-electron chi connectivity index (χ4n) is 6.90. The molecule has 0 saturated carbocycles. The number of pyridine rings is 1. The highest BCUT2D eigenvalue weighted by Gasteiger charge is 2.31. The maximum absolute atomic E-state index is 13.6. The predicted molar refractivity (Wildman–Crippen MR) is 198 cm³/mol. The van der Waals surface area contributed by atoms with Gasteiger partial charge < -0.3 is 25.4 Å². The number of carbonyl (C=O) groups excluding carboxylic acids is 1. The van der Waals surface area contributed by atoms with Crippen molar-refractivity contribution in [3.63, 3.8) is 0 Å². The van der Waals surface area contributed by atoms with Crippen LogP contribution in [0.3, 0.4) is 0 Å². The van der Waals surface area contributed by atoms with Crippen molar-refractivity contribution < 1.29 is 14.3 Å². The van der Waals surface area contributed by atoms with Crippen LogP contribution in [0.5, 0.6) is 5.75 Å². The predicted octanol–water partition coefficient (Wildman–Crippen LogP) is 7.52. The van der Waals surface area contributed by atoms with E-state index in [4.69, 9.17) is 20.2 Å². The molecule has 4 atom stereocenters. The largest absolute Gasteiger partial charge is 0.484 e. The first-order valence-corrected chi connectivity index (χ1v) is 17.6. The number of fused-ring (bicyclic) bond motifs is 2.